The molecule has 1 heterocycles. The molecule has 4 nitrogen and oxygen atoms in total. The lowest BCUT2D eigenvalue weighted by Gasteiger charge is -2.26. The molecular weight excluding hydrogens is 240 g/mol. The third-order valence-electron chi connectivity index (χ3n) is 3.50. The fraction of sp³-hybridized carbons (Fsp3) is 0.533. The zero-order valence-corrected chi connectivity index (χ0v) is 11.4. The Balaban J connectivity index is 1.94. The van der Waals surface area contributed by atoms with E-state index in [1.165, 1.54) is 0 Å². The Bertz CT molecular complexity index is 428. The maximum absolute atomic E-state index is 11.4. The van der Waals surface area contributed by atoms with Crippen molar-refractivity contribution in [1.82, 2.24) is 5.32 Å². The number of benzene rings is 1. The predicted molar refractivity (Wildman–Crippen MR) is 75.1 cm³/mol. The Hall–Kier alpha value is -1.39. The molecule has 2 rings (SSSR count). The largest absolute Gasteiger partial charge is 0.375 e. The smallest absolute Gasteiger partial charge is 0.248 e. The molecule has 1 atom stereocenters. The monoisotopic (exact) mass is 262 g/mol. The van der Waals surface area contributed by atoms with Gasteiger partial charge in [0.05, 0.1) is 12.2 Å². The molecule has 1 unspecified atom stereocenters. The van der Waals surface area contributed by atoms with E-state index in [0.29, 0.717) is 11.7 Å². The summed E-state index contributed by atoms with van der Waals surface area (Å²) in [6, 6.07) is 7.48. The van der Waals surface area contributed by atoms with Gasteiger partial charge in [-0.2, -0.15) is 0 Å². The van der Waals surface area contributed by atoms with E-state index in [0.717, 1.165) is 37.9 Å². The molecule has 1 aromatic rings. The highest BCUT2D eigenvalue weighted by molar-refractivity contribution is 5.94. The minimum absolute atomic E-state index is 0.101. The molecule has 1 fully saturated rings. The van der Waals surface area contributed by atoms with Gasteiger partial charge < -0.3 is 15.8 Å². The lowest BCUT2D eigenvalue weighted by atomic mass is 10.0. The first-order valence-electron chi connectivity index (χ1n) is 6.90. The zero-order chi connectivity index (χ0) is 13.7. The molecule has 19 heavy (non-hydrogen) atoms. The molecule has 1 aromatic carbocycles. The molecule has 0 bridgehead atoms. The molecule has 1 saturated heterocycles. The van der Waals surface area contributed by atoms with Crippen LogP contribution in [0.2, 0.25) is 0 Å². The topological polar surface area (TPSA) is 64.4 Å². The van der Waals surface area contributed by atoms with Crippen LogP contribution >= 0.6 is 0 Å². The number of primary amides is 1. The summed E-state index contributed by atoms with van der Waals surface area (Å²) in [4.78, 5) is 11.4. The Morgan fingerprint density at radius 1 is 1.42 bits per heavy atom. The number of nitrogens with one attached hydrogen (secondary N) is 1. The Morgan fingerprint density at radius 3 is 2.79 bits per heavy atom. The zero-order valence-electron chi connectivity index (χ0n) is 11.4. The normalized spacial score (nSPS) is 18.2. The third kappa shape index (κ3) is 4.04. The first-order chi connectivity index (χ1) is 9.16. The Morgan fingerprint density at radius 2 is 2.11 bits per heavy atom. The number of hydrogen-bond donors (Lipinski definition) is 2. The van der Waals surface area contributed by atoms with Crippen LogP contribution in [0.25, 0.3) is 0 Å². The van der Waals surface area contributed by atoms with Gasteiger partial charge in [0, 0.05) is 5.56 Å². The molecule has 1 aliphatic heterocycles. The van der Waals surface area contributed by atoms with Crippen LogP contribution in [0, 0.1) is 0 Å². The van der Waals surface area contributed by atoms with E-state index in [4.69, 9.17) is 10.5 Å². The summed E-state index contributed by atoms with van der Waals surface area (Å²) < 4.78 is 6.04. The van der Waals surface area contributed by atoms with E-state index in [-0.39, 0.29) is 12.0 Å². The molecule has 4 heteroatoms. The molecule has 1 aliphatic rings. The highest BCUT2D eigenvalue weighted by Crippen LogP contribution is 2.16. The molecule has 0 saturated carbocycles. The first-order valence-corrected chi connectivity index (χ1v) is 6.90. The lowest BCUT2D eigenvalue weighted by molar-refractivity contribution is -0.0166. The van der Waals surface area contributed by atoms with Crippen LogP contribution in [0.5, 0.6) is 0 Å². The number of carbonyl (C=O) groups is 1. The predicted octanol–water partition coefficient (Wildman–Crippen LogP) is 1.49. The van der Waals surface area contributed by atoms with Crippen molar-refractivity contribution in [1.29, 1.82) is 0 Å². The van der Waals surface area contributed by atoms with E-state index >= 15 is 0 Å². The quantitative estimate of drug-likeness (QED) is 0.845. The van der Waals surface area contributed by atoms with Gasteiger partial charge in [-0.15, -0.1) is 0 Å². The van der Waals surface area contributed by atoms with Gasteiger partial charge in [-0.3, -0.25) is 4.79 Å². The molecular formula is C15H22N2O2. The molecule has 0 aliphatic carbocycles. The van der Waals surface area contributed by atoms with Crippen molar-refractivity contribution in [3.05, 3.63) is 35.4 Å². The summed E-state index contributed by atoms with van der Waals surface area (Å²) in [7, 11) is 0. The van der Waals surface area contributed by atoms with Crippen LogP contribution in [-0.4, -0.2) is 31.2 Å². The first kappa shape index (κ1) is 14.0. The molecule has 104 valence electrons. The van der Waals surface area contributed by atoms with Gasteiger partial charge >= 0.3 is 0 Å². The van der Waals surface area contributed by atoms with E-state index in [1.54, 1.807) is 6.07 Å². The molecule has 0 spiro atoms. The van der Waals surface area contributed by atoms with Gasteiger partial charge in [0.2, 0.25) is 5.91 Å². The second-order valence-electron chi connectivity index (χ2n) is 5.12. The molecule has 1 amide bonds. The molecule has 3 N–H and O–H groups in total. The van der Waals surface area contributed by atoms with Gasteiger partial charge in [0.1, 0.15) is 0 Å². The van der Waals surface area contributed by atoms with Gasteiger partial charge in [0.15, 0.2) is 0 Å². The van der Waals surface area contributed by atoms with Gasteiger partial charge in [-0.05, 0) is 50.9 Å². The summed E-state index contributed by atoms with van der Waals surface area (Å²) in [6.45, 7) is 4.10. The summed E-state index contributed by atoms with van der Waals surface area (Å²) >= 11 is 0. The number of rotatable bonds is 5. The highest BCUT2D eigenvalue weighted by atomic mass is 16.5. The SMILES string of the molecule is CC(Cc1ccccc1C(N)=O)OC1CCNCC1. The molecule has 0 aromatic heterocycles. The van der Waals surface area contributed by atoms with E-state index in [1.807, 2.05) is 18.2 Å². The maximum Gasteiger partial charge on any atom is 0.248 e. The van der Waals surface area contributed by atoms with Crippen molar-refractivity contribution in [2.45, 2.75) is 38.4 Å². The Kier molecular flexibility index (Phi) is 4.93. The second-order valence-corrected chi connectivity index (χ2v) is 5.12. The van der Waals surface area contributed by atoms with Crippen LogP contribution < -0.4 is 11.1 Å². The van der Waals surface area contributed by atoms with Crippen molar-refractivity contribution >= 4 is 5.91 Å². The third-order valence-corrected chi connectivity index (χ3v) is 3.50. The second kappa shape index (κ2) is 6.68. The fourth-order valence-electron chi connectivity index (χ4n) is 2.56. The van der Waals surface area contributed by atoms with Gasteiger partial charge in [-0.25, -0.2) is 0 Å². The number of nitrogens with two attached hydrogens (primary N) is 1. The van der Waals surface area contributed by atoms with Crippen molar-refractivity contribution in [3.8, 4) is 0 Å². The van der Waals surface area contributed by atoms with E-state index < -0.39 is 0 Å². The summed E-state index contributed by atoms with van der Waals surface area (Å²) in [5.41, 5.74) is 6.96. The maximum atomic E-state index is 11.4. The summed E-state index contributed by atoms with van der Waals surface area (Å²) in [5, 5.41) is 3.32. The van der Waals surface area contributed by atoms with Crippen molar-refractivity contribution in [2.24, 2.45) is 5.73 Å². The summed E-state index contributed by atoms with van der Waals surface area (Å²) in [5.74, 6) is -0.371. The van der Waals surface area contributed by atoms with Crippen LogP contribution in [0.4, 0.5) is 0 Å². The summed E-state index contributed by atoms with van der Waals surface area (Å²) in [6.07, 6.45) is 3.27. The van der Waals surface area contributed by atoms with E-state index in [2.05, 4.69) is 12.2 Å². The van der Waals surface area contributed by atoms with Crippen LogP contribution in [0.1, 0.15) is 35.7 Å². The van der Waals surface area contributed by atoms with Crippen molar-refractivity contribution in [2.75, 3.05) is 13.1 Å². The number of ether oxygens (including phenoxy) is 1. The average Bonchev–Trinajstić information content (AvgIpc) is 2.40. The average molecular weight is 262 g/mol. The van der Waals surface area contributed by atoms with Gasteiger partial charge in [-0.1, -0.05) is 18.2 Å². The van der Waals surface area contributed by atoms with Crippen molar-refractivity contribution in [3.63, 3.8) is 0 Å². The van der Waals surface area contributed by atoms with Gasteiger partial charge in [0.25, 0.3) is 0 Å². The molecule has 0 radical (unpaired) electrons. The number of carbonyl (C=O) groups excluding carboxylic acids is 1. The highest BCUT2D eigenvalue weighted by Gasteiger charge is 2.18. The van der Waals surface area contributed by atoms with Crippen LogP contribution in [-0.2, 0) is 11.2 Å². The number of piperidine rings is 1. The van der Waals surface area contributed by atoms with Crippen molar-refractivity contribution < 1.29 is 9.53 Å². The van der Waals surface area contributed by atoms with Crippen LogP contribution in [0.15, 0.2) is 24.3 Å². The minimum atomic E-state index is -0.371. The Labute approximate surface area is 114 Å². The fourth-order valence-corrected chi connectivity index (χ4v) is 2.56. The number of hydrogen-bond acceptors (Lipinski definition) is 3. The minimum Gasteiger partial charge on any atom is -0.375 e. The van der Waals surface area contributed by atoms with E-state index in [9.17, 15) is 4.79 Å². The number of amides is 1. The standard InChI is InChI=1S/C15H22N2O2/c1-11(19-13-6-8-17-9-7-13)10-12-4-2-3-5-14(12)15(16)18/h2-5,11,13,17H,6-10H2,1H3,(H2,16,18). The van der Waals surface area contributed by atoms with Crippen LogP contribution in [0.3, 0.4) is 0 Å². The lowest BCUT2D eigenvalue weighted by Crippen LogP contribution is -2.34.